The molecule has 0 aliphatic heterocycles. The van der Waals surface area contributed by atoms with Gasteiger partial charge in [-0.05, 0) is 30.5 Å². The Labute approximate surface area is 197 Å². The lowest BCUT2D eigenvalue weighted by Gasteiger charge is -2.24. The second kappa shape index (κ2) is 11.9. The third kappa shape index (κ3) is 6.20. The van der Waals surface area contributed by atoms with E-state index in [2.05, 4.69) is 11.6 Å². The first-order valence-corrected chi connectivity index (χ1v) is 11.6. The van der Waals surface area contributed by atoms with Crippen LogP contribution in [-0.4, -0.2) is 67.1 Å². The predicted octanol–water partition coefficient (Wildman–Crippen LogP) is 3.44. The molecular formula is C24H31N3O5S. The Morgan fingerprint density at radius 2 is 2.06 bits per heavy atom. The number of aromatic nitrogens is 2. The number of aliphatic hydroxyl groups is 1. The Morgan fingerprint density at radius 3 is 2.76 bits per heavy atom. The number of methoxy groups -OCH3 is 3. The van der Waals surface area contributed by atoms with Gasteiger partial charge in [0, 0.05) is 31.1 Å². The number of H-pyrrole nitrogens is 1. The van der Waals surface area contributed by atoms with E-state index in [0.717, 1.165) is 17.5 Å². The van der Waals surface area contributed by atoms with E-state index in [1.165, 1.54) is 11.3 Å². The van der Waals surface area contributed by atoms with E-state index in [4.69, 9.17) is 19.2 Å². The summed E-state index contributed by atoms with van der Waals surface area (Å²) in [5, 5.41) is 12.8. The first kappa shape index (κ1) is 24.9. The molecule has 2 aromatic heterocycles. The van der Waals surface area contributed by atoms with Crippen molar-refractivity contribution in [3.05, 3.63) is 52.4 Å². The Kier molecular flexibility index (Phi) is 9.02. The van der Waals surface area contributed by atoms with Gasteiger partial charge in [-0.1, -0.05) is 12.1 Å². The van der Waals surface area contributed by atoms with Crippen LogP contribution in [0.1, 0.15) is 18.7 Å². The summed E-state index contributed by atoms with van der Waals surface area (Å²) in [6.45, 7) is 5.70. The molecule has 0 saturated carbocycles. The lowest BCUT2D eigenvalue weighted by molar-refractivity contribution is 0.0796. The van der Waals surface area contributed by atoms with E-state index in [1.54, 1.807) is 27.4 Å². The smallest absolute Gasteiger partial charge is 0.260 e. The number of ether oxygens (including phenoxy) is 3. The third-order valence-corrected chi connectivity index (χ3v) is 6.22. The molecule has 2 N–H and O–H groups in total. The first-order chi connectivity index (χ1) is 16.0. The van der Waals surface area contributed by atoms with Gasteiger partial charge in [-0.3, -0.25) is 9.69 Å². The second-order valence-electron chi connectivity index (χ2n) is 7.66. The van der Waals surface area contributed by atoms with E-state index < -0.39 is 6.10 Å². The summed E-state index contributed by atoms with van der Waals surface area (Å²) < 4.78 is 15.9. The Morgan fingerprint density at radius 1 is 1.27 bits per heavy atom. The molecule has 0 saturated heterocycles. The maximum atomic E-state index is 13.0. The van der Waals surface area contributed by atoms with Gasteiger partial charge in [0.15, 0.2) is 11.5 Å². The molecule has 0 aliphatic rings. The molecule has 0 radical (unpaired) electrons. The summed E-state index contributed by atoms with van der Waals surface area (Å²) in [7, 11) is 4.81. The average molecular weight is 474 g/mol. The van der Waals surface area contributed by atoms with Crippen molar-refractivity contribution in [1.29, 1.82) is 0 Å². The van der Waals surface area contributed by atoms with Crippen LogP contribution in [0.15, 0.2) is 41.0 Å². The van der Waals surface area contributed by atoms with Crippen molar-refractivity contribution in [2.75, 3.05) is 41.0 Å². The minimum atomic E-state index is -0.492. The lowest BCUT2D eigenvalue weighted by atomic mass is 10.1. The highest BCUT2D eigenvalue weighted by molar-refractivity contribution is 7.17. The number of nitrogens with one attached hydrogen (secondary N) is 1. The van der Waals surface area contributed by atoms with Crippen LogP contribution in [0.3, 0.4) is 0 Å². The lowest BCUT2D eigenvalue weighted by Crippen LogP contribution is -2.35. The number of aliphatic hydroxyl groups excluding tert-OH is 1. The van der Waals surface area contributed by atoms with Crippen LogP contribution in [0.2, 0.25) is 0 Å². The molecule has 0 spiro atoms. The van der Waals surface area contributed by atoms with Crippen molar-refractivity contribution in [2.45, 2.75) is 25.5 Å². The number of thiophene rings is 1. The van der Waals surface area contributed by atoms with Crippen LogP contribution in [0, 0.1) is 0 Å². The van der Waals surface area contributed by atoms with Gasteiger partial charge < -0.3 is 24.3 Å². The molecule has 9 heteroatoms. The summed E-state index contributed by atoms with van der Waals surface area (Å²) in [6.07, 6.45) is 2.68. The maximum absolute atomic E-state index is 13.0. The third-order valence-electron chi connectivity index (χ3n) is 5.35. The van der Waals surface area contributed by atoms with Gasteiger partial charge >= 0.3 is 0 Å². The van der Waals surface area contributed by atoms with Crippen LogP contribution >= 0.6 is 11.3 Å². The van der Waals surface area contributed by atoms with Gasteiger partial charge in [-0.25, -0.2) is 4.98 Å². The van der Waals surface area contributed by atoms with Gasteiger partial charge in [0.2, 0.25) is 0 Å². The van der Waals surface area contributed by atoms with E-state index in [-0.39, 0.29) is 5.56 Å². The average Bonchev–Trinajstić information content (AvgIpc) is 3.25. The van der Waals surface area contributed by atoms with Crippen molar-refractivity contribution < 1.29 is 19.3 Å². The van der Waals surface area contributed by atoms with Crippen LogP contribution < -0.4 is 15.0 Å². The molecule has 0 aliphatic carbocycles. The topological polar surface area (TPSA) is 96.9 Å². The van der Waals surface area contributed by atoms with E-state index >= 15 is 0 Å². The summed E-state index contributed by atoms with van der Waals surface area (Å²) in [5.74, 6) is 1.78. The number of hydrogen-bond donors (Lipinski definition) is 2. The zero-order chi connectivity index (χ0) is 23.8. The van der Waals surface area contributed by atoms with Gasteiger partial charge in [0.05, 0.1) is 38.9 Å². The highest BCUT2D eigenvalue weighted by Gasteiger charge is 2.17. The van der Waals surface area contributed by atoms with Gasteiger partial charge in [0.25, 0.3) is 5.56 Å². The van der Waals surface area contributed by atoms with Crippen molar-refractivity contribution in [3.8, 4) is 22.6 Å². The molecule has 178 valence electrons. The fourth-order valence-electron chi connectivity index (χ4n) is 3.65. The standard InChI is InChI=1S/C24H31N3O5S/c1-5-6-7-17(28)13-27(10-11-30-2)14-21-25-23(29)22-18(15-33-24(22)26-21)16-8-9-19(31-3)20(12-16)32-4/h5,8-9,12,15,17,28H,1,6-7,10-11,13-14H2,2-4H3,(H,25,26,29). The van der Waals surface area contributed by atoms with Crippen LogP contribution in [0.4, 0.5) is 0 Å². The minimum Gasteiger partial charge on any atom is -0.493 e. The molecule has 0 bridgehead atoms. The molecule has 1 aromatic carbocycles. The number of aromatic amines is 1. The normalized spacial score (nSPS) is 12.3. The van der Waals surface area contributed by atoms with E-state index in [0.29, 0.717) is 60.2 Å². The SMILES string of the molecule is C=CCCC(O)CN(CCOC)Cc1nc2scc(-c3ccc(OC)c(OC)c3)c2c(=O)[nH]1. The van der Waals surface area contributed by atoms with Gasteiger partial charge in [-0.2, -0.15) is 0 Å². The first-order valence-electron chi connectivity index (χ1n) is 10.7. The van der Waals surface area contributed by atoms with Crippen LogP contribution in [0.5, 0.6) is 11.5 Å². The number of fused-ring (bicyclic) bond motifs is 1. The fraction of sp³-hybridized carbons (Fsp3) is 0.417. The Balaban J connectivity index is 1.88. The van der Waals surface area contributed by atoms with E-state index in [9.17, 15) is 9.90 Å². The number of benzene rings is 1. The molecule has 1 unspecified atom stereocenters. The minimum absolute atomic E-state index is 0.195. The molecule has 2 heterocycles. The summed E-state index contributed by atoms with van der Waals surface area (Å²) >= 11 is 1.42. The largest absolute Gasteiger partial charge is 0.493 e. The molecule has 0 amide bonds. The van der Waals surface area contributed by atoms with Crippen molar-refractivity contribution in [1.82, 2.24) is 14.9 Å². The van der Waals surface area contributed by atoms with Gasteiger partial charge in [-0.15, -0.1) is 17.9 Å². The zero-order valence-electron chi connectivity index (χ0n) is 19.3. The molecule has 33 heavy (non-hydrogen) atoms. The van der Waals surface area contributed by atoms with Crippen molar-refractivity contribution in [2.24, 2.45) is 0 Å². The van der Waals surface area contributed by atoms with E-state index in [1.807, 2.05) is 28.5 Å². The monoisotopic (exact) mass is 473 g/mol. The van der Waals surface area contributed by atoms with Crippen LogP contribution in [-0.2, 0) is 11.3 Å². The number of hydrogen-bond acceptors (Lipinski definition) is 8. The molecule has 8 nitrogen and oxygen atoms in total. The Bertz CT molecular complexity index is 1130. The maximum Gasteiger partial charge on any atom is 0.260 e. The van der Waals surface area contributed by atoms with Crippen molar-refractivity contribution in [3.63, 3.8) is 0 Å². The molecule has 0 fully saturated rings. The highest BCUT2D eigenvalue weighted by atomic mass is 32.1. The Hall–Kier alpha value is -2.72. The number of nitrogens with zero attached hydrogens (tertiary/aromatic N) is 2. The second-order valence-corrected chi connectivity index (χ2v) is 8.52. The summed E-state index contributed by atoms with van der Waals surface area (Å²) in [6, 6.07) is 5.57. The fourth-order valence-corrected chi connectivity index (χ4v) is 4.62. The molecule has 3 aromatic rings. The van der Waals surface area contributed by atoms with Crippen LogP contribution in [0.25, 0.3) is 21.3 Å². The highest BCUT2D eigenvalue weighted by Crippen LogP contribution is 2.36. The molecular weight excluding hydrogens is 442 g/mol. The number of rotatable bonds is 13. The quantitative estimate of drug-likeness (QED) is 0.367. The summed E-state index contributed by atoms with van der Waals surface area (Å²) in [5.41, 5.74) is 1.46. The van der Waals surface area contributed by atoms with Gasteiger partial charge in [0.1, 0.15) is 10.7 Å². The number of allylic oxidation sites excluding steroid dienone is 1. The van der Waals surface area contributed by atoms with Crippen molar-refractivity contribution >= 4 is 21.6 Å². The zero-order valence-corrected chi connectivity index (χ0v) is 20.1. The predicted molar refractivity (Wildman–Crippen MR) is 131 cm³/mol. The summed E-state index contributed by atoms with van der Waals surface area (Å²) in [4.78, 5) is 23.4. The molecule has 1 atom stereocenters. The molecule has 3 rings (SSSR count).